The maximum Gasteiger partial charge on any atom is 0.254 e. The number of nitrogens with one attached hydrogen (secondary N) is 1. The Bertz CT molecular complexity index is 679. The van der Waals surface area contributed by atoms with Crippen molar-refractivity contribution in [3.05, 3.63) is 46.5 Å². The number of nitrogens with zero attached hydrogens (tertiary/aromatic N) is 2. The van der Waals surface area contributed by atoms with E-state index in [1.165, 1.54) is 12.1 Å². The Kier molecular flexibility index (Phi) is 4.26. The van der Waals surface area contributed by atoms with Crippen LogP contribution in [0.3, 0.4) is 0 Å². The van der Waals surface area contributed by atoms with Gasteiger partial charge in [-0.25, -0.2) is 4.39 Å². The van der Waals surface area contributed by atoms with Gasteiger partial charge in [-0.3, -0.25) is 9.48 Å². The number of aryl methyl sites for hydroxylation is 3. The standard InChI is InChI=1S/C15H19FN4O/c1-4-13-10(8-20(3)19-13)7-18-15(21)12-6-11(17)5-9(2)14(12)16/h5-6,8H,4,7,17H2,1-3H3,(H,18,21). The minimum absolute atomic E-state index is 0.0329. The van der Waals surface area contributed by atoms with Gasteiger partial charge in [-0.1, -0.05) is 6.92 Å². The highest BCUT2D eigenvalue weighted by atomic mass is 19.1. The summed E-state index contributed by atoms with van der Waals surface area (Å²) in [6.45, 7) is 3.89. The molecular weight excluding hydrogens is 271 g/mol. The van der Waals surface area contributed by atoms with Crippen LogP contribution in [0.4, 0.5) is 10.1 Å². The second-order valence-corrected chi connectivity index (χ2v) is 5.01. The van der Waals surface area contributed by atoms with Gasteiger partial charge in [0.15, 0.2) is 0 Å². The molecule has 0 unspecified atom stereocenters. The van der Waals surface area contributed by atoms with E-state index in [4.69, 9.17) is 5.73 Å². The number of rotatable bonds is 4. The van der Waals surface area contributed by atoms with Crippen LogP contribution in [0.2, 0.25) is 0 Å². The van der Waals surface area contributed by atoms with Crippen molar-refractivity contribution in [3.63, 3.8) is 0 Å². The molecule has 0 bridgehead atoms. The number of nitrogens with two attached hydrogens (primary N) is 1. The lowest BCUT2D eigenvalue weighted by atomic mass is 10.1. The predicted molar refractivity (Wildman–Crippen MR) is 79.3 cm³/mol. The van der Waals surface area contributed by atoms with Crippen molar-refractivity contribution in [2.75, 3.05) is 5.73 Å². The molecule has 21 heavy (non-hydrogen) atoms. The number of anilines is 1. The van der Waals surface area contributed by atoms with E-state index in [0.717, 1.165) is 17.7 Å². The summed E-state index contributed by atoms with van der Waals surface area (Å²) in [6, 6.07) is 2.85. The minimum Gasteiger partial charge on any atom is -0.399 e. The van der Waals surface area contributed by atoms with Crippen LogP contribution in [0.5, 0.6) is 0 Å². The quantitative estimate of drug-likeness (QED) is 0.845. The molecule has 6 heteroatoms. The molecule has 0 spiro atoms. The molecule has 0 fully saturated rings. The van der Waals surface area contributed by atoms with E-state index in [1.54, 1.807) is 11.6 Å². The van der Waals surface area contributed by atoms with Crippen molar-refractivity contribution < 1.29 is 9.18 Å². The van der Waals surface area contributed by atoms with Crippen molar-refractivity contribution in [1.82, 2.24) is 15.1 Å². The zero-order valence-corrected chi connectivity index (χ0v) is 12.4. The van der Waals surface area contributed by atoms with Gasteiger partial charge in [0, 0.05) is 31.0 Å². The van der Waals surface area contributed by atoms with Crippen molar-refractivity contribution in [3.8, 4) is 0 Å². The topological polar surface area (TPSA) is 72.9 Å². The fraction of sp³-hybridized carbons (Fsp3) is 0.333. The Hall–Kier alpha value is -2.37. The number of hydrogen-bond donors (Lipinski definition) is 2. The predicted octanol–water partition coefficient (Wildman–Crippen LogP) is 1.94. The maximum absolute atomic E-state index is 14.0. The first-order valence-corrected chi connectivity index (χ1v) is 6.77. The van der Waals surface area contributed by atoms with E-state index in [-0.39, 0.29) is 5.56 Å². The smallest absolute Gasteiger partial charge is 0.254 e. The Morgan fingerprint density at radius 1 is 1.48 bits per heavy atom. The highest BCUT2D eigenvalue weighted by Crippen LogP contribution is 2.17. The third kappa shape index (κ3) is 3.21. The van der Waals surface area contributed by atoms with Crippen LogP contribution < -0.4 is 11.1 Å². The molecule has 0 aliphatic carbocycles. The number of amides is 1. The van der Waals surface area contributed by atoms with Gasteiger partial charge in [-0.05, 0) is 31.0 Å². The lowest BCUT2D eigenvalue weighted by Gasteiger charge is -2.08. The first kappa shape index (κ1) is 15.0. The summed E-state index contributed by atoms with van der Waals surface area (Å²) in [5.41, 5.74) is 8.20. The second kappa shape index (κ2) is 5.95. The maximum atomic E-state index is 14.0. The van der Waals surface area contributed by atoms with Gasteiger partial charge < -0.3 is 11.1 Å². The molecule has 5 nitrogen and oxygen atoms in total. The molecule has 0 aliphatic rings. The molecule has 0 radical (unpaired) electrons. The lowest BCUT2D eigenvalue weighted by Crippen LogP contribution is -2.24. The summed E-state index contributed by atoms with van der Waals surface area (Å²) in [6.07, 6.45) is 2.62. The van der Waals surface area contributed by atoms with Crippen LogP contribution in [0.15, 0.2) is 18.3 Å². The SMILES string of the molecule is CCc1nn(C)cc1CNC(=O)c1cc(N)cc(C)c1F. The van der Waals surface area contributed by atoms with E-state index in [0.29, 0.717) is 17.8 Å². The monoisotopic (exact) mass is 290 g/mol. The van der Waals surface area contributed by atoms with Gasteiger partial charge in [0.25, 0.3) is 5.91 Å². The zero-order chi connectivity index (χ0) is 15.6. The Balaban J connectivity index is 2.15. The summed E-state index contributed by atoms with van der Waals surface area (Å²) in [5, 5.41) is 7.01. The second-order valence-electron chi connectivity index (χ2n) is 5.01. The molecule has 2 aromatic rings. The van der Waals surface area contributed by atoms with Crippen molar-refractivity contribution >= 4 is 11.6 Å². The summed E-state index contributed by atoms with van der Waals surface area (Å²) >= 11 is 0. The third-order valence-corrected chi connectivity index (χ3v) is 3.29. The Labute approximate surface area is 123 Å². The van der Waals surface area contributed by atoms with E-state index in [9.17, 15) is 9.18 Å². The van der Waals surface area contributed by atoms with Gasteiger partial charge in [0.2, 0.25) is 0 Å². The van der Waals surface area contributed by atoms with Crippen molar-refractivity contribution in [2.45, 2.75) is 26.8 Å². The third-order valence-electron chi connectivity index (χ3n) is 3.29. The largest absolute Gasteiger partial charge is 0.399 e. The van der Waals surface area contributed by atoms with E-state index < -0.39 is 11.7 Å². The van der Waals surface area contributed by atoms with Gasteiger partial charge in [-0.2, -0.15) is 5.10 Å². The van der Waals surface area contributed by atoms with Gasteiger partial charge in [0.05, 0.1) is 11.3 Å². The molecule has 0 atom stereocenters. The number of aromatic nitrogens is 2. The van der Waals surface area contributed by atoms with Crippen molar-refractivity contribution in [2.24, 2.45) is 7.05 Å². The molecule has 1 amide bonds. The number of hydrogen-bond acceptors (Lipinski definition) is 3. The molecule has 3 N–H and O–H groups in total. The average molecular weight is 290 g/mol. The summed E-state index contributed by atoms with van der Waals surface area (Å²) < 4.78 is 15.7. The molecule has 1 aromatic carbocycles. The molecule has 112 valence electrons. The van der Waals surface area contributed by atoms with Crippen LogP contribution in [-0.2, 0) is 20.0 Å². The van der Waals surface area contributed by atoms with Gasteiger partial charge >= 0.3 is 0 Å². The van der Waals surface area contributed by atoms with Crippen LogP contribution >= 0.6 is 0 Å². The normalized spacial score (nSPS) is 10.7. The fourth-order valence-corrected chi connectivity index (χ4v) is 2.26. The number of carbonyl (C=O) groups excluding carboxylic acids is 1. The Morgan fingerprint density at radius 3 is 2.86 bits per heavy atom. The van der Waals surface area contributed by atoms with E-state index in [2.05, 4.69) is 10.4 Å². The molecular formula is C15H19FN4O. The summed E-state index contributed by atoms with van der Waals surface area (Å²) in [5.74, 6) is -1.02. The van der Waals surface area contributed by atoms with Crippen LogP contribution in [0, 0.1) is 12.7 Å². The zero-order valence-electron chi connectivity index (χ0n) is 12.4. The molecule has 0 saturated heterocycles. The van der Waals surface area contributed by atoms with Gasteiger partial charge in [-0.15, -0.1) is 0 Å². The molecule has 1 heterocycles. The number of halogens is 1. The minimum atomic E-state index is -0.538. The first-order chi connectivity index (χ1) is 9.92. The molecule has 2 rings (SSSR count). The number of benzene rings is 1. The average Bonchev–Trinajstić information content (AvgIpc) is 2.80. The highest BCUT2D eigenvalue weighted by Gasteiger charge is 2.15. The first-order valence-electron chi connectivity index (χ1n) is 6.77. The number of nitrogen functional groups attached to an aromatic ring is 1. The van der Waals surface area contributed by atoms with E-state index in [1.807, 2.05) is 20.2 Å². The molecule has 0 aliphatic heterocycles. The van der Waals surface area contributed by atoms with Crippen LogP contribution in [-0.4, -0.2) is 15.7 Å². The molecule has 1 aromatic heterocycles. The van der Waals surface area contributed by atoms with E-state index >= 15 is 0 Å². The van der Waals surface area contributed by atoms with Crippen LogP contribution in [0.1, 0.15) is 34.1 Å². The summed E-state index contributed by atoms with van der Waals surface area (Å²) in [4.78, 5) is 12.1. The summed E-state index contributed by atoms with van der Waals surface area (Å²) in [7, 11) is 1.82. The van der Waals surface area contributed by atoms with Crippen molar-refractivity contribution in [1.29, 1.82) is 0 Å². The lowest BCUT2D eigenvalue weighted by molar-refractivity contribution is 0.0946. The van der Waals surface area contributed by atoms with Crippen LogP contribution in [0.25, 0.3) is 0 Å². The fourth-order valence-electron chi connectivity index (χ4n) is 2.26. The highest BCUT2D eigenvalue weighted by molar-refractivity contribution is 5.95. The number of carbonyl (C=O) groups is 1. The Morgan fingerprint density at radius 2 is 2.19 bits per heavy atom. The van der Waals surface area contributed by atoms with Gasteiger partial charge in [0.1, 0.15) is 5.82 Å². The molecule has 0 saturated carbocycles.